The Morgan fingerprint density at radius 3 is 2.83 bits per heavy atom. The molecule has 0 aromatic heterocycles. The summed E-state index contributed by atoms with van der Waals surface area (Å²) in [5.74, 6) is 0. The molecule has 0 aliphatic carbocycles. The fourth-order valence-electron chi connectivity index (χ4n) is 2.23. The first-order chi connectivity index (χ1) is 8.92. The second kappa shape index (κ2) is 3.78. The number of hydrogen-bond donors (Lipinski definition) is 0. The molecule has 0 saturated heterocycles. The zero-order chi connectivity index (χ0) is 11.9. The Kier molecular flexibility index (Phi) is 2.11. The van der Waals surface area contributed by atoms with Crippen LogP contribution in [0.2, 0.25) is 0 Å². The standard InChI is InChI=1S/C14H9N3S/c1-2-6-10-9(4-1)5-3-7-11(10)13-16-12-8-15-17-14(12)18-13/h1-8,12H. The lowest BCUT2D eigenvalue weighted by Crippen LogP contribution is -2.06. The minimum absolute atomic E-state index is 0.0453. The number of benzene rings is 2. The number of nitrogens with zero attached hydrogens (tertiary/aromatic N) is 3. The highest BCUT2D eigenvalue weighted by molar-refractivity contribution is 8.27. The molecule has 18 heavy (non-hydrogen) atoms. The summed E-state index contributed by atoms with van der Waals surface area (Å²) in [6, 6.07) is 14.7. The summed E-state index contributed by atoms with van der Waals surface area (Å²) >= 11 is 1.62. The molecule has 2 aliphatic rings. The molecule has 0 N–H and O–H groups in total. The average Bonchev–Trinajstić information content (AvgIpc) is 2.99. The van der Waals surface area contributed by atoms with E-state index < -0.39 is 0 Å². The molecular formula is C14H9N3S. The van der Waals surface area contributed by atoms with E-state index in [1.54, 1.807) is 18.0 Å². The highest BCUT2D eigenvalue weighted by atomic mass is 32.2. The fourth-order valence-corrected chi connectivity index (χ4v) is 3.21. The molecule has 2 aromatic rings. The average molecular weight is 251 g/mol. The summed E-state index contributed by atoms with van der Waals surface area (Å²) < 4.78 is 0. The van der Waals surface area contributed by atoms with E-state index in [4.69, 9.17) is 0 Å². The van der Waals surface area contributed by atoms with E-state index in [0.717, 1.165) is 10.1 Å². The number of fused-ring (bicyclic) bond motifs is 2. The van der Waals surface area contributed by atoms with Crippen LogP contribution in [0, 0.1) is 0 Å². The number of rotatable bonds is 1. The summed E-state index contributed by atoms with van der Waals surface area (Å²) in [6.07, 6.45) is 1.79. The minimum Gasteiger partial charge on any atom is -0.261 e. The SMILES string of the molecule is C1=NN=C2SC(c3cccc4ccccc34)=NC12. The molecule has 0 spiro atoms. The number of hydrogen-bond acceptors (Lipinski definition) is 4. The Hall–Kier alpha value is -1.94. The summed E-state index contributed by atoms with van der Waals surface area (Å²) in [6.45, 7) is 0. The zero-order valence-corrected chi connectivity index (χ0v) is 10.3. The van der Waals surface area contributed by atoms with Crippen LogP contribution < -0.4 is 0 Å². The van der Waals surface area contributed by atoms with Gasteiger partial charge >= 0.3 is 0 Å². The third kappa shape index (κ3) is 1.42. The van der Waals surface area contributed by atoms with Crippen LogP contribution in [0.1, 0.15) is 5.56 Å². The molecule has 2 aliphatic heterocycles. The van der Waals surface area contributed by atoms with Gasteiger partial charge in [-0.2, -0.15) is 5.10 Å². The molecule has 86 valence electrons. The van der Waals surface area contributed by atoms with Gasteiger partial charge in [0.2, 0.25) is 0 Å². The molecule has 2 heterocycles. The van der Waals surface area contributed by atoms with Crippen LogP contribution in [0.25, 0.3) is 10.8 Å². The third-order valence-corrected chi connectivity index (χ3v) is 4.15. The van der Waals surface area contributed by atoms with Gasteiger partial charge in [0, 0.05) is 5.56 Å². The zero-order valence-electron chi connectivity index (χ0n) is 9.45. The highest BCUT2D eigenvalue weighted by Crippen LogP contribution is 2.31. The smallest absolute Gasteiger partial charge is 0.138 e. The van der Waals surface area contributed by atoms with Gasteiger partial charge in [0.25, 0.3) is 0 Å². The van der Waals surface area contributed by atoms with Crippen LogP contribution in [0.4, 0.5) is 0 Å². The van der Waals surface area contributed by atoms with E-state index in [2.05, 4.69) is 57.7 Å². The molecule has 0 radical (unpaired) electrons. The van der Waals surface area contributed by atoms with Gasteiger partial charge in [-0.25, -0.2) is 0 Å². The molecule has 2 aromatic carbocycles. The van der Waals surface area contributed by atoms with Gasteiger partial charge in [-0.05, 0) is 22.5 Å². The maximum atomic E-state index is 4.67. The summed E-state index contributed by atoms with van der Waals surface area (Å²) in [5.41, 5.74) is 1.18. The van der Waals surface area contributed by atoms with Gasteiger partial charge in [0.05, 0.1) is 6.21 Å². The van der Waals surface area contributed by atoms with Crippen LogP contribution in [-0.4, -0.2) is 22.3 Å². The van der Waals surface area contributed by atoms with Gasteiger partial charge in [-0.3, -0.25) is 4.99 Å². The van der Waals surface area contributed by atoms with Crippen molar-refractivity contribution in [1.82, 2.24) is 0 Å². The maximum absolute atomic E-state index is 4.67. The second-order valence-electron chi connectivity index (χ2n) is 4.21. The summed E-state index contributed by atoms with van der Waals surface area (Å²) in [5, 5.41) is 12.5. The van der Waals surface area contributed by atoms with Crippen molar-refractivity contribution in [2.45, 2.75) is 6.04 Å². The first-order valence-electron chi connectivity index (χ1n) is 5.77. The van der Waals surface area contributed by atoms with E-state index in [9.17, 15) is 0 Å². The lowest BCUT2D eigenvalue weighted by atomic mass is 10.1. The Morgan fingerprint density at radius 2 is 1.89 bits per heavy atom. The fraction of sp³-hybridized carbons (Fsp3) is 0.0714. The van der Waals surface area contributed by atoms with Gasteiger partial charge in [-0.1, -0.05) is 42.5 Å². The molecule has 1 unspecified atom stereocenters. The van der Waals surface area contributed by atoms with Crippen LogP contribution in [0.3, 0.4) is 0 Å². The van der Waals surface area contributed by atoms with Crippen molar-refractivity contribution in [3.63, 3.8) is 0 Å². The normalized spacial score (nSPS) is 21.0. The van der Waals surface area contributed by atoms with Crippen LogP contribution in [-0.2, 0) is 0 Å². The van der Waals surface area contributed by atoms with Crippen molar-refractivity contribution < 1.29 is 0 Å². The van der Waals surface area contributed by atoms with Crippen molar-refractivity contribution in [2.75, 3.05) is 0 Å². The minimum atomic E-state index is 0.0453. The van der Waals surface area contributed by atoms with E-state index in [-0.39, 0.29) is 6.04 Å². The van der Waals surface area contributed by atoms with Crippen molar-refractivity contribution in [1.29, 1.82) is 0 Å². The Morgan fingerprint density at radius 1 is 1.00 bits per heavy atom. The van der Waals surface area contributed by atoms with Gasteiger partial charge in [-0.15, -0.1) is 5.10 Å². The highest BCUT2D eigenvalue weighted by Gasteiger charge is 2.28. The second-order valence-corrected chi connectivity index (χ2v) is 5.22. The maximum Gasteiger partial charge on any atom is 0.138 e. The van der Waals surface area contributed by atoms with E-state index >= 15 is 0 Å². The lowest BCUT2D eigenvalue weighted by molar-refractivity contribution is 1.22. The molecular weight excluding hydrogens is 242 g/mol. The molecule has 0 fully saturated rings. The summed E-state index contributed by atoms with van der Waals surface area (Å²) in [7, 11) is 0. The van der Waals surface area contributed by atoms with Gasteiger partial charge in [0.15, 0.2) is 0 Å². The molecule has 3 nitrogen and oxygen atoms in total. The van der Waals surface area contributed by atoms with Crippen LogP contribution in [0.5, 0.6) is 0 Å². The van der Waals surface area contributed by atoms with E-state index in [1.165, 1.54) is 16.3 Å². The molecule has 0 saturated carbocycles. The third-order valence-electron chi connectivity index (χ3n) is 3.09. The monoisotopic (exact) mass is 251 g/mol. The quantitative estimate of drug-likeness (QED) is 0.767. The first kappa shape index (κ1) is 10.0. The topological polar surface area (TPSA) is 37.1 Å². The van der Waals surface area contributed by atoms with Crippen molar-refractivity contribution in [3.05, 3.63) is 48.0 Å². The van der Waals surface area contributed by atoms with Crippen LogP contribution in [0.15, 0.2) is 57.7 Å². The molecule has 1 atom stereocenters. The lowest BCUT2D eigenvalue weighted by Gasteiger charge is -2.04. The van der Waals surface area contributed by atoms with Crippen LogP contribution >= 0.6 is 11.8 Å². The number of thioether (sulfide) groups is 1. The summed E-state index contributed by atoms with van der Waals surface area (Å²) in [4.78, 5) is 4.67. The predicted molar refractivity (Wildman–Crippen MR) is 77.8 cm³/mol. The van der Waals surface area contributed by atoms with E-state index in [0.29, 0.717) is 0 Å². The Balaban J connectivity index is 1.89. The van der Waals surface area contributed by atoms with Crippen molar-refractivity contribution >= 4 is 38.8 Å². The van der Waals surface area contributed by atoms with Crippen molar-refractivity contribution in [3.8, 4) is 0 Å². The molecule has 0 amide bonds. The first-order valence-corrected chi connectivity index (χ1v) is 6.58. The molecule has 4 rings (SSSR count). The predicted octanol–water partition coefficient (Wildman–Crippen LogP) is 3.10. The van der Waals surface area contributed by atoms with Gasteiger partial charge < -0.3 is 0 Å². The Labute approximate surface area is 108 Å². The largest absolute Gasteiger partial charge is 0.261 e. The van der Waals surface area contributed by atoms with E-state index in [1.807, 2.05) is 0 Å². The number of aliphatic imine (C=N–C) groups is 1. The van der Waals surface area contributed by atoms with Crippen molar-refractivity contribution in [2.24, 2.45) is 15.2 Å². The Bertz CT molecular complexity index is 725. The molecule has 0 bridgehead atoms. The molecule has 4 heteroatoms. The van der Waals surface area contributed by atoms with Gasteiger partial charge in [0.1, 0.15) is 16.1 Å².